The largest absolute Gasteiger partial charge is 0.486 e. The summed E-state index contributed by atoms with van der Waals surface area (Å²) in [6.07, 6.45) is 3.05. The van der Waals surface area contributed by atoms with E-state index in [2.05, 4.69) is 11.9 Å². The zero-order valence-corrected chi connectivity index (χ0v) is 13.0. The van der Waals surface area contributed by atoms with Crippen molar-refractivity contribution in [2.45, 2.75) is 0 Å². The van der Waals surface area contributed by atoms with E-state index in [0.717, 1.165) is 0 Å². The standard InChI is InChI=1S/C16H14N2O4S/c1-2-5-18-15(20)11(14(19)17-16(18)23)8-10-3-4-12-13(9-10)22-7-6-21-12/h2-4,8-9H,1,5-7H2,(H,17,19,23)/b11-8+. The summed E-state index contributed by atoms with van der Waals surface area (Å²) in [5, 5.41) is 2.59. The average Bonchev–Trinajstić information content (AvgIpc) is 2.55. The van der Waals surface area contributed by atoms with Crippen LogP contribution in [0.3, 0.4) is 0 Å². The molecule has 0 aromatic heterocycles. The molecular weight excluding hydrogens is 316 g/mol. The number of hydrogen-bond acceptors (Lipinski definition) is 5. The van der Waals surface area contributed by atoms with Crippen LogP contribution in [0, 0.1) is 0 Å². The van der Waals surface area contributed by atoms with Crippen molar-refractivity contribution < 1.29 is 19.1 Å². The lowest BCUT2D eigenvalue weighted by Gasteiger charge is -2.27. The van der Waals surface area contributed by atoms with Gasteiger partial charge in [0.25, 0.3) is 11.8 Å². The Bertz CT molecular complexity index is 742. The molecule has 0 bridgehead atoms. The Hall–Kier alpha value is -2.67. The van der Waals surface area contributed by atoms with Gasteiger partial charge in [0.1, 0.15) is 18.8 Å². The molecule has 1 aromatic rings. The van der Waals surface area contributed by atoms with Gasteiger partial charge in [-0.1, -0.05) is 12.1 Å². The number of rotatable bonds is 3. The molecule has 2 aliphatic heterocycles. The zero-order chi connectivity index (χ0) is 16.4. The van der Waals surface area contributed by atoms with Crippen molar-refractivity contribution in [3.05, 3.63) is 42.0 Å². The van der Waals surface area contributed by atoms with E-state index >= 15 is 0 Å². The molecule has 1 aromatic carbocycles. The zero-order valence-electron chi connectivity index (χ0n) is 12.2. The molecule has 0 radical (unpaired) electrons. The maximum absolute atomic E-state index is 12.4. The number of thiocarbonyl (C=S) groups is 1. The Balaban J connectivity index is 1.93. The van der Waals surface area contributed by atoms with Gasteiger partial charge < -0.3 is 9.47 Å². The van der Waals surface area contributed by atoms with Gasteiger partial charge in [0.05, 0.1) is 0 Å². The first-order chi connectivity index (χ1) is 11.1. The quantitative estimate of drug-likeness (QED) is 0.391. The summed E-state index contributed by atoms with van der Waals surface area (Å²) >= 11 is 5.01. The van der Waals surface area contributed by atoms with Crippen LogP contribution in [0.1, 0.15) is 5.56 Å². The molecule has 3 rings (SSSR count). The van der Waals surface area contributed by atoms with Crippen LogP contribution in [0.4, 0.5) is 0 Å². The number of carbonyl (C=O) groups excluding carboxylic acids is 2. The van der Waals surface area contributed by atoms with Gasteiger partial charge >= 0.3 is 0 Å². The molecule has 1 fully saturated rings. The van der Waals surface area contributed by atoms with E-state index in [1.807, 2.05) is 0 Å². The van der Waals surface area contributed by atoms with Crippen molar-refractivity contribution in [1.29, 1.82) is 0 Å². The van der Waals surface area contributed by atoms with Crippen molar-refractivity contribution in [2.24, 2.45) is 0 Å². The number of nitrogens with one attached hydrogen (secondary N) is 1. The minimum Gasteiger partial charge on any atom is -0.486 e. The van der Waals surface area contributed by atoms with Gasteiger partial charge in [0, 0.05) is 6.54 Å². The average molecular weight is 330 g/mol. The second-order valence-corrected chi connectivity index (χ2v) is 5.31. The third-order valence-corrected chi connectivity index (χ3v) is 3.70. The Morgan fingerprint density at radius 3 is 2.74 bits per heavy atom. The fourth-order valence-corrected chi connectivity index (χ4v) is 2.56. The number of amides is 2. The highest BCUT2D eigenvalue weighted by Crippen LogP contribution is 2.31. The molecule has 0 spiro atoms. The normalized spacial score (nSPS) is 18.9. The first-order valence-corrected chi connectivity index (χ1v) is 7.40. The summed E-state index contributed by atoms with van der Waals surface area (Å²) in [6.45, 7) is 4.78. The minimum absolute atomic E-state index is 0.0112. The van der Waals surface area contributed by atoms with Gasteiger partial charge in [-0.25, -0.2) is 0 Å². The van der Waals surface area contributed by atoms with Crippen molar-refractivity contribution >= 4 is 35.2 Å². The van der Waals surface area contributed by atoms with Crippen LogP contribution in [0.5, 0.6) is 11.5 Å². The summed E-state index contributed by atoms with van der Waals surface area (Å²) in [5.41, 5.74) is 0.677. The maximum atomic E-state index is 12.4. The third kappa shape index (κ3) is 2.95. The number of hydrogen-bond donors (Lipinski definition) is 1. The van der Waals surface area contributed by atoms with Gasteiger partial charge in [-0.05, 0) is 36.0 Å². The topological polar surface area (TPSA) is 67.9 Å². The van der Waals surface area contributed by atoms with Crippen molar-refractivity contribution in [3.8, 4) is 11.5 Å². The maximum Gasteiger partial charge on any atom is 0.265 e. The Kier molecular flexibility index (Phi) is 4.12. The lowest BCUT2D eigenvalue weighted by atomic mass is 10.1. The van der Waals surface area contributed by atoms with E-state index in [1.54, 1.807) is 24.3 Å². The predicted molar refractivity (Wildman–Crippen MR) is 88.1 cm³/mol. The third-order valence-electron chi connectivity index (χ3n) is 3.37. The summed E-state index contributed by atoms with van der Waals surface area (Å²) in [7, 11) is 0. The van der Waals surface area contributed by atoms with E-state index < -0.39 is 11.8 Å². The van der Waals surface area contributed by atoms with Gasteiger partial charge in [-0.15, -0.1) is 6.58 Å². The van der Waals surface area contributed by atoms with Crippen LogP contribution in [0.25, 0.3) is 6.08 Å². The lowest BCUT2D eigenvalue weighted by Crippen LogP contribution is -2.53. The van der Waals surface area contributed by atoms with Gasteiger partial charge in [-0.3, -0.25) is 19.8 Å². The highest BCUT2D eigenvalue weighted by Gasteiger charge is 2.32. The fraction of sp³-hybridized carbons (Fsp3) is 0.188. The second kappa shape index (κ2) is 6.21. The second-order valence-electron chi connectivity index (χ2n) is 4.92. The molecule has 0 unspecified atom stereocenters. The highest BCUT2D eigenvalue weighted by atomic mass is 32.1. The van der Waals surface area contributed by atoms with E-state index in [4.69, 9.17) is 21.7 Å². The molecule has 1 saturated heterocycles. The summed E-state index contributed by atoms with van der Waals surface area (Å²) in [4.78, 5) is 25.8. The number of fused-ring (bicyclic) bond motifs is 1. The van der Waals surface area contributed by atoms with E-state index in [1.165, 1.54) is 11.0 Å². The number of ether oxygens (including phenoxy) is 2. The SMILES string of the molecule is C=CCN1C(=O)/C(=C/c2ccc3c(c2)OCCO3)C(=O)NC1=S. The van der Waals surface area contributed by atoms with E-state index in [0.29, 0.717) is 30.3 Å². The van der Waals surface area contributed by atoms with Crippen molar-refractivity contribution in [1.82, 2.24) is 10.2 Å². The van der Waals surface area contributed by atoms with Crippen molar-refractivity contribution in [3.63, 3.8) is 0 Å². The predicted octanol–water partition coefficient (Wildman–Crippen LogP) is 1.27. The highest BCUT2D eigenvalue weighted by molar-refractivity contribution is 7.80. The molecule has 0 aliphatic carbocycles. The first-order valence-electron chi connectivity index (χ1n) is 6.99. The fourth-order valence-electron chi connectivity index (χ4n) is 2.31. The van der Waals surface area contributed by atoms with Gasteiger partial charge in [0.2, 0.25) is 0 Å². The van der Waals surface area contributed by atoms with Gasteiger partial charge in [-0.2, -0.15) is 0 Å². The van der Waals surface area contributed by atoms with Crippen molar-refractivity contribution in [2.75, 3.05) is 19.8 Å². The van der Waals surface area contributed by atoms with Crippen LogP contribution < -0.4 is 14.8 Å². The summed E-state index contributed by atoms with van der Waals surface area (Å²) in [6, 6.07) is 5.23. The molecule has 2 amide bonds. The van der Waals surface area contributed by atoms with Crippen LogP contribution in [-0.2, 0) is 9.59 Å². The Morgan fingerprint density at radius 2 is 2.00 bits per heavy atom. The van der Waals surface area contributed by atoms with Crippen LogP contribution in [0.2, 0.25) is 0 Å². The Morgan fingerprint density at radius 1 is 1.26 bits per heavy atom. The van der Waals surface area contributed by atoms with Crippen LogP contribution in [0.15, 0.2) is 36.4 Å². The lowest BCUT2D eigenvalue weighted by molar-refractivity contribution is -0.128. The molecule has 118 valence electrons. The summed E-state index contributed by atoms with van der Waals surface area (Å²) < 4.78 is 10.9. The van der Waals surface area contributed by atoms with Gasteiger partial charge in [0.15, 0.2) is 16.6 Å². The number of nitrogens with zero attached hydrogens (tertiary/aromatic N) is 1. The molecule has 7 heteroatoms. The molecular formula is C16H14N2O4S. The summed E-state index contributed by atoms with van der Waals surface area (Å²) in [5.74, 6) is 0.267. The number of benzene rings is 1. The van der Waals surface area contributed by atoms with Crippen LogP contribution in [-0.4, -0.2) is 41.6 Å². The molecule has 2 heterocycles. The molecule has 23 heavy (non-hydrogen) atoms. The molecule has 1 N–H and O–H groups in total. The number of carbonyl (C=O) groups is 2. The molecule has 0 saturated carbocycles. The Labute approximate surface area is 138 Å². The smallest absolute Gasteiger partial charge is 0.265 e. The van der Waals surface area contributed by atoms with E-state index in [-0.39, 0.29) is 17.2 Å². The monoisotopic (exact) mass is 330 g/mol. The molecule has 0 atom stereocenters. The van der Waals surface area contributed by atoms with Crippen LogP contribution >= 0.6 is 12.2 Å². The first kappa shape index (κ1) is 15.2. The van der Waals surface area contributed by atoms with E-state index in [9.17, 15) is 9.59 Å². The minimum atomic E-state index is -0.518. The molecule has 6 nitrogen and oxygen atoms in total. The molecule has 2 aliphatic rings.